The first-order valence-corrected chi connectivity index (χ1v) is 16.9. The van der Waals surface area contributed by atoms with Crippen molar-refractivity contribution < 1.29 is 26.3 Å². The van der Waals surface area contributed by atoms with Crippen LogP contribution in [0.4, 0.5) is 0 Å². The second-order valence-corrected chi connectivity index (χ2v) is 14.2. The lowest BCUT2D eigenvalue weighted by molar-refractivity contribution is 0.396. The van der Waals surface area contributed by atoms with Crippen molar-refractivity contribution in [3.8, 4) is 11.5 Å². The number of nitrogens with zero attached hydrogens (tertiary/aromatic N) is 5. The van der Waals surface area contributed by atoms with E-state index in [2.05, 4.69) is 9.97 Å². The molecule has 0 aliphatic heterocycles. The molecule has 2 N–H and O–H groups in total. The zero-order valence-corrected chi connectivity index (χ0v) is 28.1. The maximum atomic E-state index is 13.6. The van der Waals surface area contributed by atoms with E-state index in [0.29, 0.717) is 11.6 Å². The van der Waals surface area contributed by atoms with Gasteiger partial charge in [-0.15, -0.1) is 0 Å². The predicted molar refractivity (Wildman–Crippen MR) is 168 cm³/mol. The van der Waals surface area contributed by atoms with Crippen molar-refractivity contribution in [2.45, 2.75) is 76.8 Å². The van der Waals surface area contributed by atoms with Gasteiger partial charge in [-0.05, 0) is 76.9 Å². The van der Waals surface area contributed by atoms with Crippen molar-refractivity contribution in [3.63, 3.8) is 0 Å². The molecule has 0 aliphatic rings. The predicted octanol–water partition coefficient (Wildman–Crippen LogP) is 4.60. The Bertz CT molecular complexity index is 1690. The largest absolute Gasteiger partial charge is 0.497 e. The Labute approximate surface area is 260 Å². The Kier molecular flexibility index (Phi) is 11.4. The average molecular weight is 647 g/mol. The summed E-state index contributed by atoms with van der Waals surface area (Å²) in [6.45, 7) is 11.9. The highest BCUT2D eigenvalue weighted by Gasteiger charge is 2.28. The average Bonchev–Trinajstić information content (AvgIpc) is 3.57. The summed E-state index contributed by atoms with van der Waals surface area (Å²) < 4.78 is 64.5. The van der Waals surface area contributed by atoms with Gasteiger partial charge in [0.15, 0.2) is 10.1 Å². The number of nitrogens with two attached hydrogens (primary N) is 1. The highest BCUT2D eigenvalue weighted by Crippen LogP contribution is 2.24. The van der Waals surface area contributed by atoms with Crippen LogP contribution in [0.5, 0.6) is 11.5 Å². The van der Waals surface area contributed by atoms with Crippen molar-refractivity contribution in [2.75, 3.05) is 14.2 Å². The molecule has 44 heavy (non-hydrogen) atoms. The Morgan fingerprint density at radius 2 is 1.07 bits per heavy atom. The molecular formula is C30H42N6O6S2. The van der Waals surface area contributed by atoms with Gasteiger partial charge in [0.1, 0.15) is 23.1 Å². The zero-order chi connectivity index (χ0) is 32.8. The van der Waals surface area contributed by atoms with E-state index < -0.39 is 20.0 Å². The van der Waals surface area contributed by atoms with E-state index >= 15 is 0 Å². The van der Waals surface area contributed by atoms with Crippen molar-refractivity contribution in [1.29, 1.82) is 0 Å². The quantitative estimate of drug-likeness (QED) is 0.248. The second-order valence-electron chi connectivity index (χ2n) is 10.8. The first kappa shape index (κ1) is 34.8. The lowest BCUT2D eigenvalue weighted by Crippen LogP contribution is -2.30. The zero-order valence-electron chi connectivity index (χ0n) is 26.4. The van der Waals surface area contributed by atoms with Crippen LogP contribution in [0, 0.1) is 13.8 Å². The van der Waals surface area contributed by atoms with E-state index in [1.54, 1.807) is 31.9 Å². The third kappa shape index (κ3) is 8.68. The molecule has 0 bridgehead atoms. The number of hydrogen-bond acceptors (Lipinski definition) is 8. The van der Waals surface area contributed by atoms with Gasteiger partial charge in [-0.3, -0.25) is 0 Å². The number of benzene rings is 2. The van der Waals surface area contributed by atoms with Crippen molar-refractivity contribution in [2.24, 2.45) is 5.14 Å². The van der Waals surface area contributed by atoms with Gasteiger partial charge in [0.05, 0.1) is 14.2 Å². The standard InChI is InChI=1S/C23H29N3O4S.C7H13N3O2S/c1-17(2)26-16-23(24-18(26)3)31(27,28)25(14-19-6-10-21(29-4)11-7-19)15-20-8-12-22(30-5)13-9-20;1-5(2)10-4-7(9-6(10)3)13(8,11)12/h6-13,16-17H,14-15H2,1-5H3;4-5H,1-3H3,(H2,8,11,12). The minimum atomic E-state index is -3.83. The molecule has 4 rings (SSSR count). The summed E-state index contributed by atoms with van der Waals surface area (Å²) in [5.41, 5.74) is 1.72. The van der Waals surface area contributed by atoms with E-state index in [4.69, 9.17) is 14.6 Å². The Balaban J connectivity index is 0.000000340. The summed E-state index contributed by atoms with van der Waals surface area (Å²) in [6.07, 6.45) is 3.07. The molecule has 0 saturated carbocycles. The van der Waals surface area contributed by atoms with Crippen LogP contribution in [0.15, 0.2) is 71.0 Å². The number of sulfonamides is 2. The summed E-state index contributed by atoms with van der Waals surface area (Å²) in [5, 5.41) is 4.92. The van der Waals surface area contributed by atoms with Crippen molar-refractivity contribution in [1.82, 2.24) is 23.4 Å². The van der Waals surface area contributed by atoms with Gasteiger partial charge < -0.3 is 18.6 Å². The third-order valence-electron chi connectivity index (χ3n) is 6.83. The molecule has 240 valence electrons. The van der Waals surface area contributed by atoms with Crippen LogP contribution in [0.25, 0.3) is 0 Å². The molecule has 0 unspecified atom stereocenters. The Hall–Kier alpha value is -3.72. The van der Waals surface area contributed by atoms with Crippen molar-refractivity contribution in [3.05, 3.63) is 83.7 Å². The Morgan fingerprint density at radius 1 is 0.705 bits per heavy atom. The maximum Gasteiger partial charge on any atom is 0.262 e. The third-order valence-corrected chi connectivity index (χ3v) is 9.28. The summed E-state index contributed by atoms with van der Waals surface area (Å²) >= 11 is 0. The molecule has 0 amide bonds. The fourth-order valence-electron chi connectivity index (χ4n) is 4.45. The number of hydrogen-bond donors (Lipinski definition) is 1. The van der Waals surface area contributed by atoms with Gasteiger partial charge >= 0.3 is 0 Å². The molecule has 12 nitrogen and oxygen atoms in total. The van der Waals surface area contributed by atoms with Crippen LogP contribution in [0.1, 0.15) is 62.6 Å². The molecule has 14 heteroatoms. The first-order chi connectivity index (χ1) is 20.6. The minimum absolute atomic E-state index is 0.0562. The van der Waals surface area contributed by atoms with E-state index in [9.17, 15) is 16.8 Å². The SMILES string of the molecule is COc1ccc(CN(Cc2ccc(OC)cc2)S(=O)(=O)c2cn(C(C)C)c(C)n2)cc1.Cc1nc(S(N)(=O)=O)cn1C(C)C. The summed E-state index contributed by atoms with van der Waals surface area (Å²) in [7, 11) is -4.30. The van der Waals surface area contributed by atoms with Gasteiger partial charge in [-0.1, -0.05) is 24.3 Å². The number of methoxy groups -OCH3 is 2. The summed E-state index contributed by atoms with van der Waals surface area (Å²) in [5.74, 6) is 2.76. The molecule has 0 saturated heterocycles. The minimum Gasteiger partial charge on any atom is -0.497 e. The molecule has 0 aliphatic carbocycles. The Morgan fingerprint density at radius 3 is 1.36 bits per heavy atom. The highest BCUT2D eigenvalue weighted by molar-refractivity contribution is 7.89. The summed E-state index contributed by atoms with van der Waals surface area (Å²) in [6, 6.07) is 15.1. The van der Waals surface area contributed by atoms with Gasteiger partial charge in [0.2, 0.25) is 0 Å². The monoisotopic (exact) mass is 646 g/mol. The second kappa shape index (κ2) is 14.4. The first-order valence-electron chi connectivity index (χ1n) is 14.0. The lowest BCUT2D eigenvalue weighted by atomic mass is 10.2. The van der Waals surface area contributed by atoms with Crippen LogP contribution >= 0.6 is 0 Å². The van der Waals surface area contributed by atoms with Crippen LogP contribution in [-0.4, -0.2) is 54.5 Å². The van der Waals surface area contributed by atoms with Gasteiger partial charge in [0, 0.05) is 37.6 Å². The molecule has 0 fully saturated rings. The van der Waals surface area contributed by atoms with Gasteiger partial charge in [-0.2, -0.15) is 4.31 Å². The van der Waals surface area contributed by atoms with Gasteiger partial charge in [-0.25, -0.2) is 31.9 Å². The molecule has 0 spiro atoms. The smallest absolute Gasteiger partial charge is 0.262 e. The normalized spacial score (nSPS) is 12.0. The molecule has 2 aromatic heterocycles. The number of ether oxygens (including phenoxy) is 2. The number of aromatic nitrogens is 4. The van der Waals surface area contributed by atoms with E-state index in [0.717, 1.165) is 22.6 Å². The number of primary sulfonamides is 1. The highest BCUT2D eigenvalue weighted by atomic mass is 32.2. The molecule has 0 atom stereocenters. The van der Waals surface area contributed by atoms with Crippen molar-refractivity contribution >= 4 is 20.0 Å². The fourth-order valence-corrected chi connectivity index (χ4v) is 6.37. The van der Waals surface area contributed by atoms with Crippen LogP contribution in [0.2, 0.25) is 0 Å². The van der Waals surface area contributed by atoms with Crippen LogP contribution in [0.3, 0.4) is 0 Å². The molecule has 2 aromatic carbocycles. The topological polar surface area (TPSA) is 152 Å². The van der Waals surface area contributed by atoms with Crippen LogP contribution < -0.4 is 14.6 Å². The van der Waals surface area contributed by atoms with E-state index in [1.165, 1.54) is 10.5 Å². The molecular weight excluding hydrogens is 605 g/mol. The fraction of sp³-hybridized carbons (Fsp3) is 0.400. The number of aryl methyl sites for hydroxylation is 2. The summed E-state index contributed by atoms with van der Waals surface area (Å²) in [4.78, 5) is 8.21. The lowest BCUT2D eigenvalue weighted by Gasteiger charge is -2.21. The maximum absolute atomic E-state index is 13.6. The number of rotatable bonds is 11. The van der Waals surface area contributed by atoms with E-state index in [1.807, 2.05) is 87.7 Å². The number of imidazole rings is 2. The molecule has 2 heterocycles. The van der Waals surface area contributed by atoms with E-state index in [-0.39, 0.29) is 35.2 Å². The van der Waals surface area contributed by atoms with Crippen LogP contribution in [-0.2, 0) is 33.1 Å². The van der Waals surface area contributed by atoms with Gasteiger partial charge in [0.25, 0.3) is 20.0 Å². The molecule has 4 aromatic rings. The molecule has 0 radical (unpaired) electrons.